The Kier molecular flexibility index (Phi) is 6.01. The minimum absolute atomic E-state index is 0.0693. The van der Waals surface area contributed by atoms with E-state index < -0.39 is 11.7 Å². The lowest BCUT2D eigenvalue weighted by atomic mass is 9.85. The fourth-order valence-electron chi connectivity index (χ4n) is 3.69. The molecular formula is C24H19ClFN3O3. The van der Waals surface area contributed by atoms with Gasteiger partial charge in [0.2, 0.25) is 5.91 Å². The third-order valence-electron chi connectivity index (χ3n) is 5.46. The lowest BCUT2D eigenvalue weighted by Crippen LogP contribution is -2.43. The van der Waals surface area contributed by atoms with Crippen LogP contribution in [-0.4, -0.2) is 29.6 Å². The van der Waals surface area contributed by atoms with Crippen molar-refractivity contribution < 1.29 is 18.8 Å². The Labute approximate surface area is 189 Å². The maximum absolute atomic E-state index is 13.5. The number of Topliss-reactive ketones (excluding diaryl/α,β-unsaturated/α-hetero) is 1. The molecule has 0 radical (unpaired) electrons. The van der Waals surface area contributed by atoms with E-state index in [0.29, 0.717) is 28.9 Å². The molecule has 3 aromatic rings. The van der Waals surface area contributed by atoms with Crippen molar-refractivity contribution >= 4 is 34.9 Å². The van der Waals surface area contributed by atoms with Crippen LogP contribution in [0.4, 0.5) is 10.1 Å². The molecule has 0 saturated carbocycles. The average molecular weight is 452 g/mol. The average Bonchev–Trinajstić information content (AvgIpc) is 2.81. The molecule has 162 valence electrons. The van der Waals surface area contributed by atoms with E-state index in [1.54, 1.807) is 43.7 Å². The first-order chi connectivity index (χ1) is 15.3. The standard InChI is InChI=1S/C24H19ClFN3O3/c1-29-21-5-3-16(23(31)28-13-14-6-8-27-9-7-14)12-17(21)22(30)18(24(29)32)10-15-2-4-20(26)19(25)11-15/h2-9,11-12,18H,10,13H2,1H3,(H,28,31). The molecule has 2 aromatic carbocycles. The van der Waals surface area contributed by atoms with Crippen LogP contribution in [0, 0.1) is 11.7 Å². The van der Waals surface area contributed by atoms with E-state index in [-0.39, 0.29) is 29.0 Å². The molecule has 0 fully saturated rings. The number of amides is 2. The summed E-state index contributed by atoms with van der Waals surface area (Å²) in [5.41, 5.74) is 2.52. The molecule has 1 aromatic heterocycles. The number of carbonyl (C=O) groups is 3. The van der Waals surface area contributed by atoms with E-state index in [1.165, 1.54) is 29.2 Å². The van der Waals surface area contributed by atoms with Crippen molar-refractivity contribution in [3.8, 4) is 0 Å². The highest BCUT2D eigenvalue weighted by atomic mass is 35.5. The van der Waals surface area contributed by atoms with Crippen molar-refractivity contribution in [2.45, 2.75) is 13.0 Å². The maximum atomic E-state index is 13.5. The van der Waals surface area contributed by atoms with E-state index in [2.05, 4.69) is 10.3 Å². The van der Waals surface area contributed by atoms with Gasteiger partial charge in [-0.1, -0.05) is 17.7 Å². The highest BCUT2D eigenvalue weighted by Gasteiger charge is 2.38. The second kappa shape index (κ2) is 8.88. The van der Waals surface area contributed by atoms with Gasteiger partial charge in [-0.05, 0) is 60.0 Å². The molecule has 2 amide bonds. The fraction of sp³-hybridized carbons (Fsp3) is 0.167. The Morgan fingerprint density at radius 2 is 1.84 bits per heavy atom. The number of benzene rings is 2. The van der Waals surface area contributed by atoms with Gasteiger partial charge < -0.3 is 10.2 Å². The Balaban J connectivity index is 1.57. The van der Waals surface area contributed by atoms with E-state index >= 15 is 0 Å². The van der Waals surface area contributed by atoms with Crippen LogP contribution in [0.25, 0.3) is 0 Å². The van der Waals surface area contributed by atoms with Gasteiger partial charge in [0.25, 0.3) is 5.91 Å². The van der Waals surface area contributed by atoms with Crippen LogP contribution < -0.4 is 10.2 Å². The van der Waals surface area contributed by atoms with Crippen molar-refractivity contribution in [1.29, 1.82) is 0 Å². The van der Waals surface area contributed by atoms with Gasteiger partial charge in [0, 0.05) is 37.1 Å². The molecule has 32 heavy (non-hydrogen) atoms. The zero-order valence-corrected chi connectivity index (χ0v) is 17.9. The number of ketones is 1. The molecule has 1 atom stereocenters. The van der Waals surface area contributed by atoms with Gasteiger partial charge in [-0.3, -0.25) is 19.4 Å². The number of pyridine rings is 1. The van der Waals surface area contributed by atoms with E-state index in [4.69, 9.17) is 11.6 Å². The third kappa shape index (κ3) is 4.24. The molecule has 1 N–H and O–H groups in total. The Morgan fingerprint density at radius 1 is 1.09 bits per heavy atom. The third-order valence-corrected chi connectivity index (χ3v) is 5.75. The van der Waals surface area contributed by atoms with Crippen molar-refractivity contribution in [2.24, 2.45) is 5.92 Å². The number of nitrogens with zero attached hydrogens (tertiary/aromatic N) is 2. The molecule has 0 spiro atoms. The van der Waals surface area contributed by atoms with Crippen LogP contribution in [0.3, 0.4) is 0 Å². The minimum atomic E-state index is -0.982. The first-order valence-electron chi connectivity index (χ1n) is 9.92. The smallest absolute Gasteiger partial charge is 0.251 e. The summed E-state index contributed by atoms with van der Waals surface area (Å²) in [5.74, 6) is -2.63. The number of aromatic nitrogens is 1. The summed E-state index contributed by atoms with van der Waals surface area (Å²) in [4.78, 5) is 44.0. The molecule has 2 heterocycles. The summed E-state index contributed by atoms with van der Waals surface area (Å²) < 4.78 is 13.5. The van der Waals surface area contributed by atoms with Gasteiger partial charge in [0.1, 0.15) is 11.7 Å². The highest BCUT2D eigenvalue weighted by Crippen LogP contribution is 2.32. The fourth-order valence-corrected chi connectivity index (χ4v) is 3.89. The predicted octanol–water partition coefficient (Wildman–Crippen LogP) is 3.82. The lowest BCUT2D eigenvalue weighted by molar-refractivity contribution is -0.120. The summed E-state index contributed by atoms with van der Waals surface area (Å²) in [7, 11) is 1.58. The summed E-state index contributed by atoms with van der Waals surface area (Å²) in [6.07, 6.45) is 3.36. The molecule has 1 aliphatic rings. The predicted molar refractivity (Wildman–Crippen MR) is 118 cm³/mol. The normalized spacial score (nSPS) is 15.5. The number of hydrogen-bond acceptors (Lipinski definition) is 4. The summed E-state index contributed by atoms with van der Waals surface area (Å²) in [6.45, 7) is 0.318. The molecule has 6 nitrogen and oxygen atoms in total. The quantitative estimate of drug-likeness (QED) is 0.598. The number of hydrogen-bond donors (Lipinski definition) is 1. The molecule has 0 aliphatic carbocycles. The molecule has 1 aliphatic heterocycles. The first-order valence-corrected chi connectivity index (χ1v) is 10.3. The Bertz CT molecular complexity index is 1220. The van der Waals surface area contributed by atoms with Crippen molar-refractivity contribution in [1.82, 2.24) is 10.3 Å². The molecule has 4 rings (SSSR count). The Morgan fingerprint density at radius 3 is 2.56 bits per heavy atom. The molecule has 0 bridgehead atoms. The van der Waals surface area contributed by atoms with Gasteiger partial charge in [0.05, 0.1) is 10.7 Å². The van der Waals surface area contributed by atoms with Gasteiger partial charge in [0.15, 0.2) is 5.78 Å². The topological polar surface area (TPSA) is 79.4 Å². The van der Waals surface area contributed by atoms with Crippen LogP contribution in [-0.2, 0) is 17.8 Å². The Hall–Kier alpha value is -3.58. The van der Waals surface area contributed by atoms with Crippen LogP contribution in [0.5, 0.6) is 0 Å². The second-order valence-corrected chi connectivity index (χ2v) is 7.94. The molecule has 1 unspecified atom stereocenters. The number of anilines is 1. The summed E-state index contributed by atoms with van der Waals surface area (Å²) in [6, 6.07) is 12.4. The van der Waals surface area contributed by atoms with Crippen LogP contribution in [0.2, 0.25) is 5.02 Å². The van der Waals surface area contributed by atoms with Crippen LogP contribution in [0.1, 0.15) is 31.8 Å². The molecule has 8 heteroatoms. The monoisotopic (exact) mass is 451 g/mol. The molecular weight excluding hydrogens is 433 g/mol. The number of carbonyl (C=O) groups excluding carboxylic acids is 3. The largest absolute Gasteiger partial charge is 0.348 e. The zero-order valence-electron chi connectivity index (χ0n) is 17.1. The van der Waals surface area contributed by atoms with E-state index in [1.807, 2.05) is 0 Å². The maximum Gasteiger partial charge on any atom is 0.251 e. The van der Waals surface area contributed by atoms with Gasteiger partial charge in [-0.2, -0.15) is 0 Å². The van der Waals surface area contributed by atoms with Crippen molar-refractivity contribution in [3.05, 3.63) is 94.0 Å². The zero-order chi connectivity index (χ0) is 22.8. The van der Waals surface area contributed by atoms with E-state index in [9.17, 15) is 18.8 Å². The first kappa shape index (κ1) is 21.6. The van der Waals surface area contributed by atoms with Gasteiger partial charge >= 0.3 is 0 Å². The SMILES string of the molecule is CN1C(=O)C(Cc2ccc(F)c(Cl)c2)C(=O)c2cc(C(=O)NCc3ccncc3)ccc21. The minimum Gasteiger partial charge on any atom is -0.348 e. The summed E-state index contributed by atoms with van der Waals surface area (Å²) >= 11 is 5.84. The second-order valence-electron chi connectivity index (χ2n) is 7.54. The number of nitrogens with one attached hydrogen (secondary N) is 1. The number of rotatable bonds is 5. The van der Waals surface area contributed by atoms with Crippen LogP contribution >= 0.6 is 11.6 Å². The molecule has 0 saturated heterocycles. The highest BCUT2D eigenvalue weighted by molar-refractivity contribution is 6.30. The summed E-state index contributed by atoms with van der Waals surface area (Å²) in [5, 5.41) is 2.74. The van der Waals surface area contributed by atoms with Crippen LogP contribution in [0.15, 0.2) is 60.9 Å². The van der Waals surface area contributed by atoms with Crippen molar-refractivity contribution in [2.75, 3.05) is 11.9 Å². The lowest BCUT2D eigenvalue weighted by Gasteiger charge is -2.31. The van der Waals surface area contributed by atoms with Crippen molar-refractivity contribution in [3.63, 3.8) is 0 Å². The van der Waals surface area contributed by atoms with Gasteiger partial charge in [-0.15, -0.1) is 0 Å². The number of fused-ring (bicyclic) bond motifs is 1. The van der Waals surface area contributed by atoms with Gasteiger partial charge in [-0.25, -0.2) is 4.39 Å². The number of halogens is 2. The van der Waals surface area contributed by atoms with E-state index in [0.717, 1.165) is 5.56 Å².